The highest BCUT2D eigenvalue weighted by molar-refractivity contribution is 7.29. The topological polar surface area (TPSA) is 0 Å². The molecule has 0 saturated heterocycles. The van der Waals surface area contributed by atoms with Gasteiger partial charge in [0.2, 0.25) is 0 Å². The van der Waals surface area contributed by atoms with Crippen LogP contribution in [-0.2, 0) is 12.8 Å². The van der Waals surface area contributed by atoms with Crippen molar-refractivity contribution in [2.45, 2.75) is 65.2 Å². The largest absolute Gasteiger partial charge is 0.139 e. The van der Waals surface area contributed by atoms with Crippen LogP contribution in [0.25, 0.3) is 19.8 Å². The minimum atomic E-state index is 0.966. The van der Waals surface area contributed by atoms with Crippen LogP contribution in [0.1, 0.15) is 62.8 Å². The molecule has 1 aliphatic carbocycles. The first kappa shape index (κ1) is 18.3. The molecule has 0 N–H and O–H groups in total. The smallest absolute Gasteiger partial charge is 0.0460 e. The van der Waals surface area contributed by atoms with Gasteiger partial charge in [-0.15, -0.1) is 22.7 Å². The van der Waals surface area contributed by atoms with Crippen molar-refractivity contribution < 1.29 is 0 Å². The van der Waals surface area contributed by atoms with Gasteiger partial charge in [0.1, 0.15) is 0 Å². The van der Waals surface area contributed by atoms with E-state index in [-0.39, 0.29) is 0 Å². The zero-order valence-electron chi connectivity index (χ0n) is 16.1. The number of hydrogen-bond acceptors (Lipinski definition) is 2. The third kappa shape index (κ3) is 4.23. The van der Waals surface area contributed by atoms with E-state index in [1.165, 1.54) is 76.8 Å². The van der Waals surface area contributed by atoms with Crippen LogP contribution in [0.15, 0.2) is 36.4 Å². The Kier molecular flexibility index (Phi) is 5.81. The molecular formula is C24H30S2. The Hall–Kier alpha value is -1.12. The van der Waals surface area contributed by atoms with E-state index in [4.69, 9.17) is 0 Å². The van der Waals surface area contributed by atoms with E-state index >= 15 is 0 Å². The summed E-state index contributed by atoms with van der Waals surface area (Å²) in [6.45, 7) is 4.66. The van der Waals surface area contributed by atoms with E-state index in [2.05, 4.69) is 50.2 Å². The van der Waals surface area contributed by atoms with Gasteiger partial charge >= 0.3 is 0 Å². The Morgan fingerprint density at radius 2 is 1.62 bits per heavy atom. The van der Waals surface area contributed by atoms with Crippen LogP contribution in [0, 0.1) is 11.8 Å². The van der Waals surface area contributed by atoms with Gasteiger partial charge in [0.15, 0.2) is 0 Å². The number of thiophene rings is 2. The summed E-state index contributed by atoms with van der Waals surface area (Å²) in [5, 5.41) is 0. The number of hydrogen-bond donors (Lipinski definition) is 0. The lowest BCUT2D eigenvalue weighted by molar-refractivity contribution is 0.278. The maximum atomic E-state index is 2.46. The summed E-state index contributed by atoms with van der Waals surface area (Å²) in [6.07, 6.45) is 10.9. The average Bonchev–Trinajstić information content (AvgIpc) is 3.21. The second-order valence-corrected chi connectivity index (χ2v) is 10.4. The summed E-state index contributed by atoms with van der Waals surface area (Å²) in [6, 6.07) is 14.1. The summed E-state index contributed by atoms with van der Waals surface area (Å²) in [7, 11) is 0. The molecule has 0 spiro atoms. The molecule has 2 heteroatoms. The van der Waals surface area contributed by atoms with Crippen LogP contribution >= 0.6 is 22.7 Å². The Labute approximate surface area is 166 Å². The Morgan fingerprint density at radius 1 is 0.885 bits per heavy atom. The zero-order chi connectivity index (χ0) is 17.9. The van der Waals surface area contributed by atoms with Gasteiger partial charge in [0.05, 0.1) is 0 Å². The third-order valence-electron chi connectivity index (χ3n) is 5.97. The first-order valence-corrected chi connectivity index (χ1v) is 12.0. The molecule has 26 heavy (non-hydrogen) atoms. The molecule has 1 aromatic carbocycles. The van der Waals surface area contributed by atoms with Gasteiger partial charge in [-0.05, 0) is 54.4 Å². The van der Waals surface area contributed by atoms with Gasteiger partial charge in [-0.1, -0.05) is 70.2 Å². The molecule has 0 nitrogen and oxygen atoms in total. The fraction of sp³-hybridized carbons (Fsp3) is 0.500. The van der Waals surface area contributed by atoms with Crippen molar-refractivity contribution >= 4 is 32.1 Å². The highest BCUT2D eigenvalue weighted by atomic mass is 32.1. The van der Waals surface area contributed by atoms with Gasteiger partial charge in [-0.3, -0.25) is 0 Å². The van der Waals surface area contributed by atoms with Crippen LogP contribution in [0.5, 0.6) is 0 Å². The maximum absolute atomic E-state index is 2.46. The Morgan fingerprint density at radius 3 is 2.31 bits per heavy atom. The highest BCUT2D eigenvalue weighted by Gasteiger charge is 2.18. The van der Waals surface area contributed by atoms with Gasteiger partial charge in [-0.2, -0.15) is 0 Å². The minimum absolute atomic E-state index is 0.966. The van der Waals surface area contributed by atoms with Crippen LogP contribution < -0.4 is 0 Å². The van der Waals surface area contributed by atoms with E-state index in [1.54, 1.807) is 4.88 Å². The second-order valence-electron chi connectivity index (χ2n) is 8.16. The van der Waals surface area contributed by atoms with E-state index in [0.29, 0.717) is 0 Å². The summed E-state index contributed by atoms with van der Waals surface area (Å²) >= 11 is 3.99. The summed E-state index contributed by atoms with van der Waals surface area (Å²) in [5.74, 6) is 1.94. The lowest BCUT2D eigenvalue weighted by Crippen LogP contribution is -2.12. The quantitative estimate of drug-likeness (QED) is 0.402. The van der Waals surface area contributed by atoms with Crippen molar-refractivity contribution in [1.82, 2.24) is 0 Å². The fourth-order valence-electron chi connectivity index (χ4n) is 4.24. The van der Waals surface area contributed by atoms with Crippen molar-refractivity contribution in [3.8, 4) is 10.4 Å². The molecule has 2 aromatic heterocycles. The lowest BCUT2D eigenvalue weighted by atomic mass is 9.81. The standard InChI is InChI=1S/C24H30S2/c1-3-4-18-9-12-20(13-10-18)22-16-24-23(26-22)15-21(25-24)14-11-19-7-5-17(2)6-8-19/h9-10,12-13,15-17,19H,3-8,11,14H2,1-2H3/t17-,19-. The molecule has 3 aromatic rings. The SMILES string of the molecule is CCCc1ccc(-c2cc3sc(CC[C@H]4CC[C@H](C)CC4)cc3s2)cc1. The van der Waals surface area contributed by atoms with Crippen molar-refractivity contribution in [3.05, 3.63) is 46.8 Å². The van der Waals surface area contributed by atoms with E-state index in [0.717, 1.165) is 11.8 Å². The summed E-state index contributed by atoms with van der Waals surface area (Å²) < 4.78 is 2.96. The Balaban J connectivity index is 1.40. The van der Waals surface area contributed by atoms with Crippen molar-refractivity contribution in [2.24, 2.45) is 11.8 Å². The number of fused-ring (bicyclic) bond motifs is 1. The first-order valence-electron chi connectivity index (χ1n) is 10.3. The molecule has 2 heterocycles. The molecule has 4 rings (SSSR count). The molecule has 0 radical (unpaired) electrons. The Bertz CT molecular complexity index is 797. The number of aryl methyl sites for hydroxylation is 2. The second kappa shape index (κ2) is 8.27. The molecule has 0 amide bonds. The fourth-order valence-corrected chi connectivity index (χ4v) is 6.68. The average molecular weight is 383 g/mol. The molecule has 0 aliphatic heterocycles. The van der Waals surface area contributed by atoms with Crippen molar-refractivity contribution in [1.29, 1.82) is 0 Å². The van der Waals surface area contributed by atoms with Gasteiger partial charge < -0.3 is 0 Å². The molecule has 0 bridgehead atoms. The van der Waals surface area contributed by atoms with Gasteiger partial charge in [0, 0.05) is 19.2 Å². The maximum Gasteiger partial charge on any atom is 0.0460 e. The predicted octanol–water partition coefficient (Wildman–Crippen LogP) is 8.34. The zero-order valence-corrected chi connectivity index (χ0v) is 17.7. The van der Waals surface area contributed by atoms with Crippen molar-refractivity contribution in [3.63, 3.8) is 0 Å². The summed E-state index contributed by atoms with van der Waals surface area (Å²) in [5.41, 5.74) is 2.82. The number of rotatable bonds is 6. The van der Waals surface area contributed by atoms with Crippen molar-refractivity contribution in [2.75, 3.05) is 0 Å². The van der Waals surface area contributed by atoms with Crippen LogP contribution in [-0.4, -0.2) is 0 Å². The molecule has 138 valence electrons. The van der Waals surface area contributed by atoms with E-state index in [9.17, 15) is 0 Å². The molecule has 1 saturated carbocycles. The number of benzene rings is 1. The third-order valence-corrected chi connectivity index (χ3v) is 8.37. The molecule has 0 unspecified atom stereocenters. The van der Waals surface area contributed by atoms with Gasteiger partial charge in [-0.25, -0.2) is 0 Å². The van der Waals surface area contributed by atoms with Gasteiger partial charge in [0.25, 0.3) is 0 Å². The molecule has 1 aliphatic rings. The lowest BCUT2D eigenvalue weighted by Gasteiger charge is -2.25. The first-order chi connectivity index (χ1) is 12.7. The minimum Gasteiger partial charge on any atom is -0.139 e. The normalized spacial score (nSPS) is 20.7. The summed E-state index contributed by atoms with van der Waals surface area (Å²) in [4.78, 5) is 3.01. The molecule has 0 atom stereocenters. The predicted molar refractivity (Wildman–Crippen MR) is 119 cm³/mol. The van der Waals surface area contributed by atoms with Crippen LogP contribution in [0.3, 0.4) is 0 Å². The highest BCUT2D eigenvalue weighted by Crippen LogP contribution is 2.39. The molecule has 1 fully saturated rings. The van der Waals surface area contributed by atoms with E-state index < -0.39 is 0 Å². The monoisotopic (exact) mass is 382 g/mol. The van der Waals surface area contributed by atoms with Crippen LogP contribution in [0.4, 0.5) is 0 Å². The molecular weight excluding hydrogens is 352 g/mol. The van der Waals surface area contributed by atoms with E-state index in [1.807, 2.05) is 22.7 Å². The van der Waals surface area contributed by atoms with Crippen LogP contribution in [0.2, 0.25) is 0 Å².